The van der Waals surface area contributed by atoms with Crippen molar-refractivity contribution in [2.45, 2.75) is 39.5 Å². The first-order valence-electron chi connectivity index (χ1n) is 6.19. The van der Waals surface area contributed by atoms with Crippen LogP contribution < -0.4 is 5.32 Å². The fourth-order valence-electron chi connectivity index (χ4n) is 2.30. The summed E-state index contributed by atoms with van der Waals surface area (Å²) in [6.45, 7) is 4.07. The molecule has 0 spiro atoms. The average molecular weight is 250 g/mol. The van der Waals surface area contributed by atoms with Gasteiger partial charge < -0.3 is 10.4 Å². The normalized spacial score (nSPS) is 17.7. The Morgan fingerprint density at radius 2 is 1.94 bits per heavy atom. The molecule has 18 heavy (non-hydrogen) atoms. The molecule has 6 heteroatoms. The molecule has 6 nitrogen and oxygen atoms in total. The third kappa shape index (κ3) is 2.42. The molecule has 2 N–H and O–H groups in total. The first-order valence-corrected chi connectivity index (χ1v) is 6.19. The Balaban J connectivity index is 2.05. The number of aliphatic carboxylic acids is 1. The second-order valence-corrected chi connectivity index (χ2v) is 4.95. The van der Waals surface area contributed by atoms with Crippen molar-refractivity contribution in [2.24, 2.45) is 5.41 Å². The first kappa shape index (κ1) is 12.7. The number of carbonyl (C=O) groups is 1. The summed E-state index contributed by atoms with van der Waals surface area (Å²) >= 11 is 0. The first-order chi connectivity index (χ1) is 8.53. The fraction of sp³-hybridized carbons (Fsp3) is 0.667. The van der Waals surface area contributed by atoms with Crippen LogP contribution in [-0.4, -0.2) is 32.8 Å². The highest BCUT2D eigenvalue weighted by Crippen LogP contribution is 2.38. The van der Waals surface area contributed by atoms with E-state index >= 15 is 0 Å². The zero-order valence-electron chi connectivity index (χ0n) is 10.7. The molecule has 0 amide bonds. The van der Waals surface area contributed by atoms with Gasteiger partial charge in [0.05, 0.1) is 16.8 Å². The second-order valence-electron chi connectivity index (χ2n) is 4.95. The number of rotatable bonds is 4. The highest BCUT2D eigenvalue weighted by Gasteiger charge is 2.41. The summed E-state index contributed by atoms with van der Waals surface area (Å²) < 4.78 is 0. The van der Waals surface area contributed by atoms with Gasteiger partial charge in [0.2, 0.25) is 5.95 Å². The van der Waals surface area contributed by atoms with Crippen molar-refractivity contribution in [3.8, 4) is 0 Å². The Hall–Kier alpha value is -1.72. The predicted molar refractivity (Wildman–Crippen MR) is 66.3 cm³/mol. The lowest BCUT2D eigenvalue weighted by molar-refractivity contribution is -0.147. The van der Waals surface area contributed by atoms with Crippen molar-refractivity contribution in [2.75, 3.05) is 11.9 Å². The Labute approximate surface area is 106 Å². The zero-order valence-corrected chi connectivity index (χ0v) is 10.7. The van der Waals surface area contributed by atoms with Gasteiger partial charge in [-0.3, -0.25) is 4.79 Å². The van der Waals surface area contributed by atoms with Crippen molar-refractivity contribution < 1.29 is 9.90 Å². The van der Waals surface area contributed by atoms with Gasteiger partial charge >= 0.3 is 5.97 Å². The Morgan fingerprint density at radius 3 is 2.50 bits per heavy atom. The van der Waals surface area contributed by atoms with Crippen LogP contribution >= 0.6 is 0 Å². The van der Waals surface area contributed by atoms with Crippen LogP contribution in [0.5, 0.6) is 0 Å². The van der Waals surface area contributed by atoms with E-state index in [0.717, 1.165) is 24.2 Å². The summed E-state index contributed by atoms with van der Waals surface area (Å²) in [6, 6.07) is 0. The molecule has 0 aliphatic heterocycles. The lowest BCUT2D eigenvalue weighted by Gasteiger charge is -2.23. The maximum absolute atomic E-state index is 11.4. The molecule has 1 aromatic rings. The second kappa shape index (κ2) is 4.88. The largest absolute Gasteiger partial charge is 0.481 e. The number of anilines is 1. The van der Waals surface area contributed by atoms with Gasteiger partial charge in [-0.1, -0.05) is 12.8 Å². The molecule has 2 rings (SSSR count). The number of aromatic nitrogens is 3. The predicted octanol–water partition coefficient (Wildman–Crippen LogP) is 1.55. The van der Waals surface area contributed by atoms with Gasteiger partial charge in [0.1, 0.15) is 0 Å². The molecule has 98 valence electrons. The topological polar surface area (TPSA) is 88.0 Å². The Bertz CT molecular complexity index is 455. The molecule has 0 radical (unpaired) electrons. The van der Waals surface area contributed by atoms with Crippen molar-refractivity contribution in [1.82, 2.24) is 15.2 Å². The molecule has 1 saturated carbocycles. The molecule has 1 aliphatic rings. The van der Waals surface area contributed by atoms with Gasteiger partial charge in [-0.2, -0.15) is 5.10 Å². The molecule has 0 aromatic carbocycles. The van der Waals surface area contributed by atoms with Gasteiger partial charge in [0.15, 0.2) is 0 Å². The summed E-state index contributed by atoms with van der Waals surface area (Å²) in [5.74, 6) is -0.324. The fourth-order valence-corrected chi connectivity index (χ4v) is 2.30. The molecule has 0 saturated heterocycles. The van der Waals surface area contributed by atoms with Crippen LogP contribution in [0, 0.1) is 19.3 Å². The van der Waals surface area contributed by atoms with Crippen LogP contribution in [0.25, 0.3) is 0 Å². The number of nitrogens with one attached hydrogen (secondary N) is 1. The zero-order chi connectivity index (χ0) is 13.2. The van der Waals surface area contributed by atoms with E-state index in [1.54, 1.807) is 0 Å². The van der Waals surface area contributed by atoms with Gasteiger partial charge in [-0.25, -0.2) is 4.98 Å². The van der Waals surface area contributed by atoms with E-state index < -0.39 is 11.4 Å². The highest BCUT2D eigenvalue weighted by molar-refractivity contribution is 5.75. The summed E-state index contributed by atoms with van der Waals surface area (Å²) in [7, 11) is 0. The maximum Gasteiger partial charge on any atom is 0.311 e. The van der Waals surface area contributed by atoms with Crippen molar-refractivity contribution in [3.05, 3.63) is 11.4 Å². The van der Waals surface area contributed by atoms with Gasteiger partial charge in [-0.05, 0) is 26.7 Å². The van der Waals surface area contributed by atoms with Gasteiger partial charge in [-0.15, -0.1) is 5.10 Å². The van der Waals surface area contributed by atoms with Gasteiger partial charge in [0, 0.05) is 6.54 Å². The van der Waals surface area contributed by atoms with Crippen molar-refractivity contribution >= 4 is 11.9 Å². The molecular formula is C12H18N4O2. The van der Waals surface area contributed by atoms with Crippen LogP contribution in [-0.2, 0) is 4.79 Å². The smallest absolute Gasteiger partial charge is 0.311 e. The monoisotopic (exact) mass is 250 g/mol. The van der Waals surface area contributed by atoms with Crippen LogP contribution in [0.3, 0.4) is 0 Å². The summed E-state index contributed by atoms with van der Waals surface area (Å²) in [5.41, 5.74) is 0.931. The Morgan fingerprint density at radius 1 is 1.28 bits per heavy atom. The third-order valence-electron chi connectivity index (χ3n) is 3.69. The lowest BCUT2D eigenvalue weighted by Crippen LogP contribution is -2.35. The van der Waals surface area contributed by atoms with E-state index in [9.17, 15) is 9.90 Å². The standard InChI is InChI=1S/C12H18N4O2/c1-8-9(2)15-16-11(14-8)13-7-12(10(17)18)5-3-4-6-12/h3-7H2,1-2H3,(H,17,18)(H,13,14,16). The van der Waals surface area contributed by atoms with E-state index in [2.05, 4.69) is 20.5 Å². The SMILES string of the molecule is Cc1nnc(NCC2(C(=O)O)CCCC2)nc1C. The van der Waals surface area contributed by atoms with E-state index in [1.165, 1.54) is 0 Å². The summed E-state index contributed by atoms with van der Waals surface area (Å²) in [4.78, 5) is 15.6. The molecule has 1 aliphatic carbocycles. The van der Waals surface area contributed by atoms with Crippen LogP contribution in [0.15, 0.2) is 0 Å². The van der Waals surface area contributed by atoms with E-state index in [-0.39, 0.29) is 0 Å². The molecule has 0 atom stereocenters. The lowest BCUT2D eigenvalue weighted by atomic mass is 9.86. The van der Waals surface area contributed by atoms with Crippen LogP contribution in [0.4, 0.5) is 5.95 Å². The number of hydrogen-bond donors (Lipinski definition) is 2. The minimum atomic E-state index is -0.732. The minimum absolute atomic E-state index is 0.368. The Kier molecular flexibility index (Phi) is 3.45. The number of carboxylic acids is 1. The minimum Gasteiger partial charge on any atom is -0.481 e. The number of hydrogen-bond acceptors (Lipinski definition) is 5. The number of nitrogens with zero attached hydrogens (tertiary/aromatic N) is 3. The van der Waals surface area contributed by atoms with Gasteiger partial charge in [0.25, 0.3) is 0 Å². The molecule has 0 unspecified atom stereocenters. The average Bonchev–Trinajstić information content (AvgIpc) is 2.81. The maximum atomic E-state index is 11.4. The number of carboxylic acid groups (broad SMARTS) is 1. The quantitative estimate of drug-likeness (QED) is 0.842. The van der Waals surface area contributed by atoms with E-state index in [4.69, 9.17) is 0 Å². The van der Waals surface area contributed by atoms with E-state index in [0.29, 0.717) is 25.3 Å². The molecule has 0 bridgehead atoms. The van der Waals surface area contributed by atoms with Crippen LogP contribution in [0.2, 0.25) is 0 Å². The van der Waals surface area contributed by atoms with Crippen LogP contribution in [0.1, 0.15) is 37.1 Å². The molecule has 1 fully saturated rings. The summed E-state index contributed by atoms with van der Waals surface area (Å²) in [5, 5.41) is 20.2. The molecule has 1 aromatic heterocycles. The highest BCUT2D eigenvalue weighted by atomic mass is 16.4. The summed E-state index contributed by atoms with van der Waals surface area (Å²) in [6.07, 6.45) is 3.38. The van der Waals surface area contributed by atoms with Crippen molar-refractivity contribution in [3.63, 3.8) is 0 Å². The van der Waals surface area contributed by atoms with Crippen molar-refractivity contribution in [1.29, 1.82) is 0 Å². The number of aryl methyl sites for hydroxylation is 2. The third-order valence-corrected chi connectivity index (χ3v) is 3.69. The molecular weight excluding hydrogens is 232 g/mol. The van der Waals surface area contributed by atoms with E-state index in [1.807, 2.05) is 13.8 Å². The molecule has 1 heterocycles.